The Hall–Kier alpha value is -2.65. The molecule has 0 radical (unpaired) electrons. The molecule has 1 amide bonds. The van der Waals surface area contributed by atoms with E-state index < -0.39 is 17.5 Å². The maximum Gasteiger partial charge on any atom is 0.256 e. The van der Waals surface area contributed by atoms with E-state index in [-0.39, 0.29) is 16.9 Å². The van der Waals surface area contributed by atoms with Crippen molar-refractivity contribution in [1.29, 1.82) is 0 Å². The van der Waals surface area contributed by atoms with E-state index in [9.17, 15) is 14.9 Å². The van der Waals surface area contributed by atoms with Crippen molar-refractivity contribution in [3.05, 3.63) is 62.1 Å². The monoisotopic (exact) mass is 501 g/mol. The topological polar surface area (TPSA) is 93.9 Å². The van der Waals surface area contributed by atoms with Crippen molar-refractivity contribution in [1.82, 2.24) is 4.90 Å². The summed E-state index contributed by atoms with van der Waals surface area (Å²) < 4.78 is 12.0. The standard InChI is InChI=1S/C23H24BrN3O5/c1-3-32-20-15(24)11-13(12-18(20)31-2)19-17-9-6-10-26(17)23(21(19)27(29)30)14-7-4-5-8-16(14)25-22(23)28/h4-5,7-8,11-12,17,19,21H,3,6,9-10H2,1-2H3,(H,25,28)/t17-,19+,21-,23+/m0/s1. The molecule has 2 aromatic carbocycles. The van der Waals surface area contributed by atoms with Crippen LogP contribution >= 0.6 is 15.9 Å². The first-order chi connectivity index (χ1) is 15.4. The van der Waals surface area contributed by atoms with Crippen molar-refractivity contribution < 1.29 is 19.2 Å². The van der Waals surface area contributed by atoms with Gasteiger partial charge in [-0.15, -0.1) is 0 Å². The zero-order valence-electron chi connectivity index (χ0n) is 17.8. The SMILES string of the molecule is CCOc1c(Br)cc([C@H]2[C@H]([N+](=O)[O-])[C@]3(C(=O)Nc4ccccc43)N3CCC[C@@H]23)cc1OC. The highest BCUT2D eigenvalue weighted by molar-refractivity contribution is 9.10. The number of nitrogens with zero attached hydrogens (tertiary/aromatic N) is 2. The van der Waals surface area contributed by atoms with Crippen LogP contribution in [0.2, 0.25) is 0 Å². The highest BCUT2D eigenvalue weighted by Gasteiger charge is 2.73. The second kappa shape index (κ2) is 7.74. The molecule has 8 nitrogen and oxygen atoms in total. The summed E-state index contributed by atoms with van der Waals surface area (Å²) >= 11 is 3.56. The molecular formula is C23H24BrN3O5. The molecule has 2 saturated heterocycles. The molecule has 3 aliphatic heterocycles. The predicted octanol–water partition coefficient (Wildman–Crippen LogP) is 3.91. The smallest absolute Gasteiger partial charge is 0.256 e. The number of halogens is 1. The van der Waals surface area contributed by atoms with Crippen LogP contribution < -0.4 is 14.8 Å². The molecular weight excluding hydrogens is 478 g/mol. The van der Waals surface area contributed by atoms with Gasteiger partial charge < -0.3 is 14.8 Å². The third-order valence-corrected chi connectivity index (χ3v) is 7.61. The minimum atomic E-state index is -1.33. The van der Waals surface area contributed by atoms with Gasteiger partial charge in [0.05, 0.1) is 24.1 Å². The van der Waals surface area contributed by atoms with Crippen LogP contribution in [0.3, 0.4) is 0 Å². The highest BCUT2D eigenvalue weighted by Crippen LogP contribution is 2.58. The van der Waals surface area contributed by atoms with E-state index in [1.165, 1.54) is 0 Å². The zero-order chi connectivity index (χ0) is 22.6. The first-order valence-electron chi connectivity index (χ1n) is 10.8. The number of nitro groups is 1. The van der Waals surface area contributed by atoms with Crippen LogP contribution in [0.15, 0.2) is 40.9 Å². The minimum absolute atomic E-state index is 0.128. The first kappa shape index (κ1) is 21.2. The molecule has 3 heterocycles. The number of benzene rings is 2. The maximum atomic E-state index is 13.5. The fraction of sp³-hybridized carbons (Fsp3) is 0.435. The van der Waals surface area contributed by atoms with Gasteiger partial charge in [-0.25, -0.2) is 0 Å². The van der Waals surface area contributed by atoms with E-state index in [2.05, 4.69) is 26.1 Å². The minimum Gasteiger partial charge on any atom is -0.493 e. The Kier molecular flexibility index (Phi) is 5.13. The molecule has 168 valence electrons. The first-order valence-corrected chi connectivity index (χ1v) is 11.6. The lowest BCUT2D eigenvalue weighted by Crippen LogP contribution is -2.55. The quantitative estimate of drug-likeness (QED) is 0.492. The van der Waals surface area contributed by atoms with Crippen LogP contribution in [0.25, 0.3) is 0 Å². The lowest BCUT2D eigenvalue weighted by Gasteiger charge is -2.32. The molecule has 3 aliphatic rings. The van der Waals surface area contributed by atoms with E-state index in [1.807, 2.05) is 43.3 Å². The van der Waals surface area contributed by atoms with E-state index in [0.717, 1.165) is 18.4 Å². The van der Waals surface area contributed by atoms with Gasteiger partial charge in [-0.1, -0.05) is 18.2 Å². The lowest BCUT2D eigenvalue weighted by atomic mass is 9.77. The number of ether oxygens (including phenoxy) is 2. The Balaban J connectivity index is 1.72. The number of hydrogen-bond acceptors (Lipinski definition) is 6. The number of rotatable bonds is 5. The van der Waals surface area contributed by atoms with Crippen LogP contribution in [-0.2, 0) is 10.3 Å². The van der Waals surface area contributed by atoms with Gasteiger partial charge in [-0.3, -0.25) is 19.8 Å². The Morgan fingerprint density at radius 3 is 2.84 bits per heavy atom. The maximum absolute atomic E-state index is 13.5. The summed E-state index contributed by atoms with van der Waals surface area (Å²) in [4.78, 5) is 28.0. The predicted molar refractivity (Wildman–Crippen MR) is 122 cm³/mol. The fourth-order valence-electron chi connectivity index (χ4n) is 5.99. The van der Waals surface area contributed by atoms with Gasteiger partial charge in [-0.2, -0.15) is 0 Å². The second-order valence-electron chi connectivity index (χ2n) is 8.39. The molecule has 0 aliphatic carbocycles. The Morgan fingerprint density at radius 1 is 1.34 bits per heavy atom. The molecule has 0 saturated carbocycles. The van der Waals surface area contributed by atoms with Crippen molar-refractivity contribution >= 4 is 27.5 Å². The van der Waals surface area contributed by atoms with Crippen molar-refractivity contribution in [2.45, 2.75) is 43.3 Å². The Labute approximate surface area is 194 Å². The summed E-state index contributed by atoms with van der Waals surface area (Å²) in [5, 5.41) is 15.6. The van der Waals surface area contributed by atoms with Gasteiger partial charge >= 0.3 is 0 Å². The average molecular weight is 502 g/mol. The molecule has 32 heavy (non-hydrogen) atoms. The van der Waals surface area contributed by atoms with Crippen LogP contribution in [-0.4, -0.2) is 48.1 Å². The summed E-state index contributed by atoms with van der Waals surface area (Å²) in [5.74, 6) is 0.286. The van der Waals surface area contributed by atoms with E-state index in [0.29, 0.717) is 40.4 Å². The third-order valence-electron chi connectivity index (χ3n) is 7.02. The summed E-state index contributed by atoms with van der Waals surface area (Å²) in [6.07, 6.45) is 1.68. The van der Waals surface area contributed by atoms with E-state index in [1.54, 1.807) is 7.11 Å². The molecule has 5 rings (SSSR count). The summed E-state index contributed by atoms with van der Waals surface area (Å²) in [7, 11) is 1.55. The summed E-state index contributed by atoms with van der Waals surface area (Å²) in [6, 6.07) is 9.77. The summed E-state index contributed by atoms with van der Waals surface area (Å²) in [6.45, 7) is 2.99. The van der Waals surface area contributed by atoms with E-state index in [4.69, 9.17) is 9.47 Å². The van der Waals surface area contributed by atoms with Gasteiger partial charge in [-0.05, 0) is 59.5 Å². The van der Waals surface area contributed by atoms with Gasteiger partial charge in [0.25, 0.3) is 11.9 Å². The molecule has 2 aromatic rings. The number of methoxy groups -OCH3 is 1. The lowest BCUT2D eigenvalue weighted by molar-refractivity contribution is -0.534. The second-order valence-corrected chi connectivity index (χ2v) is 9.25. The molecule has 2 fully saturated rings. The zero-order valence-corrected chi connectivity index (χ0v) is 19.4. The van der Waals surface area contributed by atoms with Crippen LogP contribution in [0.1, 0.15) is 36.8 Å². The highest BCUT2D eigenvalue weighted by atomic mass is 79.9. The van der Waals surface area contributed by atoms with Crippen LogP contribution in [0.5, 0.6) is 11.5 Å². The van der Waals surface area contributed by atoms with Crippen molar-refractivity contribution in [3.63, 3.8) is 0 Å². The number of carbonyl (C=O) groups excluding carboxylic acids is 1. The molecule has 9 heteroatoms. The van der Waals surface area contributed by atoms with Crippen LogP contribution in [0.4, 0.5) is 5.69 Å². The van der Waals surface area contributed by atoms with Gasteiger partial charge in [0.1, 0.15) is 0 Å². The number of carbonyl (C=O) groups is 1. The normalized spacial score (nSPS) is 28.5. The number of hydrogen-bond donors (Lipinski definition) is 1. The largest absolute Gasteiger partial charge is 0.493 e. The van der Waals surface area contributed by atoms with Gasteiger partial charge in [0.15, 0.2) is 17.0 Å². The molecule has 0 unspecified atom stereocenters. The average Bonchev–Trinajstić information content (AvgIpc) is 3.43. The van der Waals surface area contributed by atoms with Crippen molar-refractivity contribution in [2.75, 3.05) is 25.6 Å². The fourth-order valence-corrected chi connectivity index (χ4v) is 6.57. The molecule has 4 atom stereocenters. The Morgan fingerprint density at radius 2 is 2.12 bits per heavy atom. The number of para-hydroxylation sites is 1. The van der Waals surface area contributed by atoms with Crippen molar-refractivity contribution in [2.24, 2.45) is 0 Å². The number of nitrogens with one attached hydrogen (secondary N) is 1. The van der Waals surface area contributed by atoms with Gasteiger partial charge in [0.2, 0.25) is 0 Å². The molecule has 0 bridgehead atoms. The molecule has 0 aromatic heterocycles. The third kappa shape index (κ3) is 2.73. The van der Waals surface area contributed by atoms with E-state index >= 15 is 0 Å². The van der Waals surface area contributed by atoms with Crippen LogP contribution in [0, 0.1) is 10.1 Å². The molecule has 1 spiro atoms. The Bertz CT molecular complexity index is 1110. The molecule has 1 N–H and O–H groups in total. The number of fused-ring (bicyclic) bond motifs is 4. The summed E-state index contributed by atoms with van der Waals surface area (Å²) in [5.41, 5.74) is 0.786. The van der Waals surface area contributed by atoms with Crippen molar-refractivity contribution in [3.8, 4) is 11.5 Å². The number of anilines is 1. The number of amides is 1. The van der Waals surface area contributed by atoms with Gasteiger partial charge in [0, 0.05) is 28.8 Å².